The fraction of sp³-hybridized carbons (Fsp3) is 0.385. The molecule has 1 aromatic rings. The third-order valence-corrected chi connectivity index (χ3v) is 3.03. The highest BCUT2D eigenvalue weighted by Crippen LogP contribution is 2.08. The molecule has 0 radical (unpaired) electrons. The van der Waals surface area contributed by atoms with Crippen molar-refractivity contribution in [1.29, 1.82) is 0 Å². The maximum absolute atomic E-state index is 11.5. The molecule has 1 aromatic carbocycles. The Balaban J connectivity index is 2.55. The first-order valence-electron chi connectivity index (χ1n) is 6.28. The minimum Gasteiger partial charge on any atom is -0.394 e. The first-order valence-corrected chi connectivity index (χ1v) is 6.66. The highest BCUT2D eigenvalue weighted by atomic mass is 35.5. The maximum Gasteiger partial charge on any atom is 0.271 e. The second-order valence-electron chi connectivity index (χ2n) is 4.46. The van der Waals surface area contributed by atoms with Gasteiger partial charge in [-0.05, 0) is 17.7 Å². The van der Waals surface area contributed by atoms with Crippen LogP contribution < -0.4 is 5.43 Å². The SMILES string of the molecule is O=C(N/N=C/c1ccc(Cl)cc1)[C@H](O)[C@H](O)[C@H](O)[C@H](O)CO. The van der Waals surface area contributed by atoms with E-state index in [1.807, 2.05) is 5.43 Å². The number of carbonyl (C=O) groups is 1. The molecule has 4 atom stereocenters. The molecule has 8 nitrogen and oxygen atoms in total. The van der Waals surface area contributed by atoms with E-state index in [2.05, 4.69) is 5.10 Å². The summed E-state index contributed by atoms with van der Waals surface area (Å²) >= 11 is 5.70. The number of hydrazone groups is 1. The number of halogens is 1. The summed E-state index contributed by atoms with van der Waals surface area (Å²) in [5, 5.41) is 50.3. The van der Waals surface area contributed by atoms with Crippen LogP contribution in [0.25, 0.3) is 0 Å². The van der Waals surface area contributed by atoms with E-state index in [4.69, 9.17) is 21.8 Å². The summed E-state index contributed by atoms with van der Waals surface area (Å²) in [4.78, 5) is 11.5. The van der Waals surface area contributed by atoms with Gasteiger partial charge in [0.2, 0.25) is 0 Å². The van der Waals surface area contributed by atoms with Crippen molar-refractivity contribution in [1.82, 2.24) is 5.43 Å². The van der Waals surface area contributed by atoms with Crippen molar-refractivity contribution in [2.24, 2.45) is 5.10 Å². The van der Waals surface area contributed by atoms with Gasteiger partial charge >= 0.3 is 0 Å². The van der Waals surface area contributed by atoms with E-state index in [0.717, 1.165) is 0 Å². The first kappa shape index (κ1) is 18.5. The Hall–Kier alpha value is -1.55. The molecule has 0 unspecified atom stereocenters. The van der Waals surface area contributed by atoms with Crippen molar-refractivity contribution in [3.8, 4) is 0 Å². The largest absolute Gasteiger partial charge is 0.394 e. The summed E-state index contributed by atoms with van der Waals surface area (Å²) in [6, 6.07) is 6.53. The number of carbonyl (C=O) groups excluding carboxylic acids is 1. The van der Waals surface area contributed by atoms with Crippen molar-refractivity contribution in [3.63, 3.8) is 0 Å². The first-order chi connectivity index (χ1) is 10.4. The lowest BCUT2D eigenvalue weighted by atomic mass is 10.0. The topological polar surface area (TPSA) is 143 Å². The molecule has 0 fully saturated rings. The predicted molar refractivity (Wildman–Crippen MR) is 78.3 cm³/mol. The minimum atomic E-state index is -2.03. The molecule has 9 heteroatoms. The Bertz CT molecular complexity index is 510. The zero-order valence-corrected chi connectivity index (χ0v) is 12.1. The molecule has 0 heterocycles. The van der Waals surface area contributed by atoms with Crippen LogP contribution in [-0.2, 0) is 4.79 Å². The van der Waals surface area contributed by atoms with Gasteiger partial charge in [0.25, 0.3) is 5.91 Å². The number of aliphatic hydroxyl groups excluding tert-OH is 5. The minimum absolute atomic E-state index is 0.538. The number of nitrogens with one attached hydrogen (secondary N) is 1. The molecule has 0 saturated carbocycles. The van der Waals surface area contributed by atoms with Crippen LogP contribution in [0.2, 0.25) is 5.02 Å². The number of benzene rings is 1. The standard InChI is InChI=1S/C13H17ClN2O6/c14-8-3-1-7(2-4-8)5-15-16-13(22)12(21)11(20)10(19)9(18)6-17/h1-5,9-12,17-21H,6H2,(H,16,22)/b15-5+/t9-,10-,11-,12-/m1/s1. The Morgan fingerprint density at radius 3 is 2.32 bits per heavy atom. The molecule has 0 aliphatic carbocycles. The van der Waals surface area contributed by atoms with E-state index < -0.39 is 36.9 Å². The van der Waals surface area contributed by atoms with Gasteiger partial charge in [0.05, 0.1) is 12.8 Å². The monoisotopic (exact) mass is 332 g/mol. The van der Waals surface area contributed by atoms with Crippen molar-refractivity contribution >= 4 is 23.7 Å². The highest BCUT2D eigenvalue weighted by molar-refractivity contribution is 6.30. The van der Waals surface area contributed by atoms with E-state index in [0.29, 0.717) is 10.6 Å². The van der Waals surface area contributed by atoms with Crippen LogP contribution >= 0.6 is 11.6 Å². The number of amides is 1. The van der Waals surface area contributed by atoms with Gasteiger partial charge in [0, 0.05) is 5.02 Å². The molecule has 0 aliphatic heterocycles. The lowest BCUT2D eigenvalue weighted by Crippen LogP contribution is -2.50. The third-order valence-electron chi connectivity index (χ3n) is 2.78. The summed E-state index contributed by atoms with van der Waals surface area (Å²) in [6.07, 6.45) is -6.29. The molecular weight excluding hydrogens is 316 g/mol. The van der Waals surface area contributed by atoms with Crippen molar-refractivity contribution in [2.75, 3.05) is 6.61 Å². The normalized spacial score (nSPS) is 17.0. The van der Waals surface area contributed by atoms with Gasteiger partial charge in [-0.15, -0.1) is 0 Å². The molecule has 22 heavy (non-hydrogen) atoms. The molecule has 122 valence electrons. The van der Waals surface area contributed by atoms with E-state index in [-0.39, 0.29) is 0 Å². The fourth-order valence-electron chi connectivity index (χ4n) is 1.46. The van der Waals surface area contributed by atoms with Gasteiger partial charge in [0.1, 0.15) is 18.3 Å². The average Bonchev–Trinajstić information content (AvgIpc) is 2.53. The molecule has 0 saturated heterocycles. The van der Waals surface area contributed by atoms with E-state index in [9.17, 15) is 20.1 Å². The molecular formula is C13H17ClN2O6. The van der Waals surface area contributed by atoms with Crippen molar-refractivity contribution < 1.29 is 30.3 Å². The zero-order valence-electron chi connectivity index (χ0n) is 11.4. The second kappa shape index (κ2) is 8.79. The van der Waals surface area contributed by atoms with E-state index >= 15 is 0 Å². The van der Waals surface area contributed by atoms with Gasteiger partial charge in [-0.1, -0.05) is 23.7 Å². The lowest BCUT2D eigenvalue weighted by molar-refractivity contribution is -0.148. The average molecular weight is 333 g/mol. The predicted octanol–water partition coefficient (Wildman–Crippen LogP) is -1.77. The summed E-state index contributed by atoms with van der Waals surface area (Å²) in [6.45, 7) is -0.832. The van der Waals surface area contributed by atoms with Gasteiger partial charge < -0.3 is 25.5 Å². The van der Waals surface area contributed by atoms with Crippen LogP contribution in [0.15, 0.2) is 29.4 Å². The van der Waals surface area contributed by atoms with E-state index in [1.54, 1.807) is 24.3 Å². The summed E-state index contributed by atoms with van der Waals surface area (Å²) < 4.78 is 0. The number of hydrogen-bond donors (Lipinski definition) is 6. The zero-order chi connectivity index (χ0) is 16.7. The van der Waals surface area contributed by atoms with E-state index in [1.165, 1.54) is 6.21 Å². The van der Waals surface area contributed by atoms with Gasteiger partial charge in [-0.25, -0.2) is 5.43 Å². The maximum atomic E-state index is 11.5. The Kier molecular flexibility index (Phi) is 7.39. The fourth-order valence-corrected chi connectivity index (χ4v) is 1.59. The van der Waals surface area contributed by atoms with Gasteiger partial charge in [-0.2, -0.15) is 5.10 Å². The van der Waals surface area contributed by atoms with Crippen LogP contribution in [0, 0.1) is 0 Å². The van der Waals surface area contributed by atoms with Crippen LogP contribution in [0.4, 0.5) is 0 Å². The quantitative estimate of drug-likeness (QED) is 0.257. The van der Waals surface area contributed by atoms with Crippen LogP contribution in [0.1, 0.15) is 5.56 Å². The van der Waals surface area contributed by atoms with Crippen LogP contribution in [0.3, 0.4) is 0 Å². The van der Waals surface area contributed by atoms with Crippen LogP contribution in [0.5, 0.6) is 0 Å². The molecule has 0 aromatic heterocycles. The highest BCUT2D eigenvalue weighted by Gasteiger charge is 2.34. The number of aliphatic hydroxyl groups is 5. The summed E-state index contributed by atoms with van der Waals surface area (Å²) in [5.41, 5.74) is 2.61. The summed E-state index contributed by atoms with van der Waals surface area (Å²) in [7, 11) is 0. The molecule has 6 N–H and O–H groups in total. The van der Waals surface area contributed by atoms with Gasteiger partial charge in [0.15, 0.2) is 6.10 Å². The second-order valence-corrected chi connectivity index (χ2v) is 4.90. The third kappa shape index (κ3) is 5.34. The summed E-state index contributed by atoms with van der Waals surface area (Å²) in [5.74, 6) is -1.08. The molecule has 0 aliphatic rings. The molecule has 0 spiro atoms. The number of rotatable bonds is 7. The number of nitrogens with zero attached hydrogens (tertiary/aromatic N) is 1. The Labute approximate surface area is 131 Å². The van der Waals surface area contributed by atoms with Crippen molar-refractivity contribution in [2.45, 2.75) is 24.4 Å². The lowest BCUT2D eigenvalue weighted by Gasteiger charge is -2.24. The molecule has 1 amide bonds. The van der Waals surface area contributed by atoms with Crippen molar-refractivity contribution in [3.05, 3.63) is 34.9 Å². The molecule has 1 rings (SSSR count). The molecule has 0 bridgehead atoms. The van der Waals surface area contributed by atoms with Crippen LogP contribution in [-0.4, -0.2) is 68.7 Å². The number of hydrogen-bond acceptors (Lipinski definition) is 7. The smallest absolute Gasteiger partial charge is 0.271 e. The Morgan fingerprint density at radius 2 is 1.77 bits per heavy atom. The van der Waals surface area contributed by atoms with Gasteiger partial charge in [-0.3, -0.25) is 4.79 Å². The Morgan fingerprint density at radius 1 is 1.18 bits per heavy atom.